The van der Waals surface area contributed by atoms with Gasteiger partial charge >= 0.3 is 6.03 Å². The first kappa shape index (κ1) is 14.3. The molecule has 0 spiro atoms. The van der Waals surface area contributed by atoms with Gasteiger partial charge in [-0.3, -0.25) is 0 Å². The molecule has 0 aliphatic rings. The molecular weight excluding hydrogens is 274 g/mol. The lowest BCUT2D eigenvalue weighted by Gasteiger charge is -2.18. The minimum absolute atomic E-state index is 0.116. The maximum atomic E-state index is 11.9. The van der Waals surface area contributed by atoms with Gasteiger partial charge in [0.05, 0.1) is 5.01 Å². The van der Waals surface area contributed by atoms with Crippen molar-refractivity contribution < 1.29 is 9.90 Å². The first-order valence-corrected chi connectivity index (χ1v) is 7.18. The topological polar surface area (TPSA) is 65.5 Å². The Labute approximate surface area is 121 Å². The van der Waals surface area contributed by atoms with Gasteiger partial charge in [-0.2, -0.15) is 0 Å². The average molecular weight is 291 g/mol. The molecule has 2 rings (SSSR count). The number of amides is 2. The molecule has 106 valence electrons. The van der Waals surface area contributed by atoms with Gasteiger partial charge in [0.25, 0.3) is 0 Å². The Kier molecular flexibility index (Phi) is 4.95. The number of benzene rings is 1. The van der Waals surface area contributed by atoms with Crippen molar-refractivity contribution in [2.45, 2.75) is 13.0 Å². The first-order valence-electron chi connectivity index (χ1n) is 6.30. The Morgan fingerprint density at radius 3 is 2.80 bits per heavy atom. The molecule has 0 bridgehead atoms. The van der Waals surface area contributed by atoms with Crippen LogP contribution in [0.15, 0.2) is 35.8 Å². The quantitative estimate of drug-likeness (QED) is 0.888. The Bertz CT molecular complexity index is 540. The van der Waals surface area contributed by atoms with E-state index in [-0.39, 0.29) is 11.8 Å². The van der Waals surface area contributed by atoms with Crippen molar-refractivity contribution in [3.05, 3.63) is 46.4 Å². The lowest BCUT2D eigenvalue weighted by Crippen LogP contribution is -2.37. The summed E-state index contributed by atoms with van der Waals surface area (Å²) >= 11 is 1.59. The molecule has 1 aromatic heterocycles. The van der Waals surface area contributed by atoms with Crippen molar-refractivity contribution in [1.82, 2.24) is 15.2 Å². The molecule has 1 aromatic carbocycles. The van der Waals surface area contributed by atoms with Crippen molar-refractivity contribution in [2.24, 2.45) is 0 Å². The molecule has 0 atom stereocenters. The van der Waals surface area contributed by atoms with Gasteiger partial charge in [-0.1, -0.05) is 12.1 Å². The monoisotopic (exact) mass is 291 g/mol. The molecule has 0 aliphatic carbocycles. The normalized spacial score (nSPS) is 10.2. The second-order valence-electron chi connectivity index (χ2n) is 4.43. The van der Waals surface area contributed by atoms with Crippen molar-refractivity contribution in [3.63, 3.8) is 0 Å². The van der Waals surface area contributed by atoms with Gasteiger partial charge in [-0.25, -0.2) is 9.78 Å². The number of hydrogen-bond acceptors (Lipinski definition) is 4. The van der Waals surface area contributed by atoms with Crippen molar-refractivity contribution in [3.8, 4) is 5.75 Å². The minimum atomic E-state index is -0.116. The zero-order valence-corrected chi connectivity index (χ0v) is 12.1. The first-order chi connectivity index (χ1) is 9.65. The van der Waals surface area contributed by atoms with Gasteiger partial charge in [0.15, 0.2) is 0 Å². The van der Waals surface area contributed by atoms with Crippen LogP contribution in [0.1, 0.15) is 10.6 Å². The van der Waals surface area contributed by atoms with Crippen LogP contribution in [0, 0.1) is 0 Å². The van der Waals surface area contributed by atoms with Gasteiger partial charge in [0.2, 0.25) is 0 Å². The standard InChI is InChI=1S/C14H17N3O2S/c1-17(10-11-2-4-12(18)5-3-11)14(19)16-7-6-13-15-8-9-20-13/h2-5,8-9,18H,6-7,10H2,1H3,(H,16,19). The summed E-state index contributed by atoms with van der Waals surface area (Å²) in [6, 6.07) is 6.71. The number of aromatic hydroxyl groups is 1. The molecule has 0 unspecified atom stereocenters. The Morgan fingerprint density at radius 1 is 1.40 bits per heavy atom. The van der Waals surface area contributed by atoms with E-state index in [1.165, 1.54) is 0 Å². The van der Waals surface area contributed by atoms with Crippen LogP contribution in [-0.4, -0.2) is 34.6 Å². The summed E-state index contributed by atoms with van der Waals surface area (Å²) in [5.74, 6) is 0.226. The number of carbonyl (C=O) groups excluding carboxylic acids is 1. The Balaban J connectivity index is 1.75. The largest absolute Gasteiger partial charge is 0.508 e. The summed E-state index contributed by atoms with van der Waals surface area (Å²) < 4.78 is 0. The third-order valence-electron chi connectivity index (χ3n) is 2.80. The van der Waals surface area contributed by atoms with Gasteiger partial charge in [-0.05, 0) is 17.7 Å². The highest BCUT2D eigenvalue weighted by Crippen LogP contribution is 2.11. The number of phenolic OH excluding ortho intramolecular Hbond substituents is 1. The number of hydrogen-bond donors (Lipinski definition) is 2. The summed E-state index contributed by atoms with van der Waals surface area (Å²) in [6.07, 6.45) is 2.51. The van der Waals surface area contributed by atoms with E-state index in [0.29, 0.717) is 13.1 Å². The molecule has 5 nitrogen and oxygen atoms in total. The molecule has 6 heteroatoms. The lowest BCUT2D eigenvalue weighted by atomic mass is 10.2. The molecule has 0 fully saturated rings. The van der Waals surface area contributed by atoms with Crippen molar-refractivity contribution in [2.75, 3.05) is 13.6 Å². The summed E-state index contributed by atoms with van der Waals surface area (Å²) in [4.78, 5) is 17.7. The van der Waals surface area contributed by atoms with Crippen molar-refractivity contribution in [1.29, 1.82) is 0 Å². The van der Waals surface area contributed by atoms with Crippen LogP contribution in [0.4, 0.5) is 4.79 Å². The molecular formula is C14H17N3O2S. The molecule has 0 saturated heterocycles. The zero-order chi connectivity index (χ0) is 14.4. The maximum absolute atomic E-state index is 11.9. The van der Waals surface area contributed by atoms with Crippen LogP contribution in [0.25, 0.3) is 0 Å². The number of nitrogens with one attached hydrogen (secondary N) is 1. The fourth-order valence-electron chi connectivity index (χ4n) is 1.73. The van der Waals surface area contributed by atoms with Gasteiger partial charge < -0.3 is 15.3 Å². The number of aromatic nitrogens is 1. The third kappa shape index (κ3) is 4.24. The molecule has 0 radical (unpaired) electrons. The van der Waals surface area contributed by atoms with E-state index in [1.807, 2.05) is 5.38 Å². The van der Waals surface area contributed by atoms with E-state index in [4.69, 9.17) is 0 Å². The summed E-state index contributed by atoms with van der Waals surface area (Å²) in [6.45, 7) is 1.08. The minimum Gasteiger partial charge on any atom is -0.508 e. The van der Waals surface area contributed by atoms with Gasteiger partial charge in [0, 0.05) is 38.1 Å². The van der Waals surface area contributed by atoms with Gasteiger partial charge in [-0.15, -0.1) is 11.3 Å². The predicted molar refractivity (Wildman–Crippen MR) is 78.8 cm³/mol. The average Bonchev–Trinajstić information content (AvgIpc) is 2.94. The van der Waals surface area contributed by atoms with Crippen molar-refractivity contribution >= 4 is 17.4 Å². The van der Waals surface area contributed by atoms with Gasteiger partial charge in [0.1, 0.15) is 5.75 Å². The highest BCUT2D eigenvalue weighted by atomic mass is 32.1. The number of urea groups is 1. The number of thiazole rings is 1. The molecule has 2 amide bonds. The SMILES string of the molecule is CN(Cc1ccc(O)cc1)C(=O)NCCc1nccs1. The van der Waals surface area contributed by atoms with E-state index in [0.717, 1.165) is 17.0 Å². The van der Waals surface area contributed by atoms with Crippen LogP contribution in [0.2, 0.25) is 0 Å². The number of rotatable bonds is 5. The van der Waals surface area contributed by atoms with E-state index in [2.05, 4.69) is 10.3 Å². The summed E-state index contributed by atoms with van der Waals surface area (Å²) in [5, 5.41) is 15.0. The highest BCUT2D eigenvalue weighted by molar-refractivity contribution is 7.09. The van der Waals surface area contributed by atoms with Crippen LogP contribution in [0.5, 0.6) is 5.75 Å². The molecule has 2 N–H and O–H groups in total. The molecule has 0 aliphatic heterocycles. The van der Waals surface area contributed by atoms with E-state index >= 15 is 0 Å². The highest BCUT2D eigenvalue weighted by Gasteiger charge is 2.08. The van der Waals surface area contributed by atoms with E-state index in [1.54, 1.807) is 53.7 Å². The lowest BCUT2D eigenvalue weighted by molar-refractivity contribution is 0.207. The second kappa shape index (κ2) is 6.91. The van der Waals surface area contributed by atoms with Crippen LogP contribution >= 0.6 is 11.3 Å². The van der Waals surface area contributed by atoms with Crippen LogP contribution < -0.4 is 5.32 Å². The fraction of sp³-hybridized carbons (Fsp3) is 0.286. The number of phenols is 1. The summed E-state index contributed by atoms with van der Waals surface area (Å²) in [7, 11) is 1.74. The molecule has 20 heavy (non-hydrogen) atoms. The Morgan fingerprint density at radius 2 is 2.15 bits per heavy atom. The predicted octanol–water partition coefficient (Wildman–Crippen LogP) is 2.23. The fourth-order valence-corrected chi connectivity index (χ4v) is 2.36. The molecule has 1 heterocycles. The van der Waals surface area contributed by atoms with Crippen LogP contribution in [-0.2, 0) is 13.0 Å². The smallest absolute Gasteiger partial charge is 0.317 e. The second-order valence-corrected chi connectivity index (χ2v) is 5.41. The number of nitrogens with zero attached hydrogens (tertiary/aromatic N) is 2. The Hall–Kier alpha value is -2.08. The molecule has 0 saturated carbocycles. The zero-order valence-electron chi connectivity index (χ0n) is 11.2. The maximum Gasteiger partial charge on any atom is 0.317 e. The van der Waals surface area contributed by atoms with E-state index < -0.39 is 0 Å². The summed E-state index contributed by atoms with van der Waals surface area (Å²) in [5.41, 5.74) is 0.973. The molecule has 2 aromatic rings. The third-order valence-corrected chi connectivity index (χ3v) is 3.64. The van der Waals surface area contributed by atoms with Crippen LogP contribution in [0.3, 0.4) is 0 Å². The van der Waals surface area contributed by atoms with E-state index in [9.17, 15) is 9.90 Å². The number of carbonyl (C=O) groups is 1.